The topological polar surface area (TPSA) is 153 Å². The van der Waals surface area contributed by atoms with Gasteiger partial charge in [0.05, 0.1) is 29.2 Å². The molecule has 0 saturated heterocycles. The second-order valence-corrected chi connectivity index (χ2v) is 8.14. The number of nitriles is 1. The van der Waals surface area contributed by atoms with E-state index in [9.17, 15) is 15.6 Å². The summed E-state index contributed by atoms with van der Waals surface area (Å²) in [6, 6.07) is 14.2. The van der Waals surface area contributed by atoms with Crippen molar-refractivity contribution in [2.75, 3.05) is 5.73 Å². The maximum Gasteiger partial charge on any atom is 0.224 e. The maximum atomic E-state index is 12.7. The molecule has 0 saturated carbocycles. The van der Waals surface area contributed by atoms with E-state index in [1.807, 2.05) is 13.0 Å². The van der Waals surface area contributed by atoms with Gasteiger partial charge in [0.25, 0.3) is 0 Å². The van der Waals surface area contributed by atoms with E-state index in [1.54, 1.807) is 56.4 Å². The van der Waals surface area contributed by atoms with Crippen LogP contribution in [0.3, 0.4) is 0 Å². The third-order valence-corrected chi connectivity index (χ3v) is 5.25. The monoisotopic (exact) mass is 442 g/mol. The number of pyridine rings is 1. The van der Waals surface area contributed by atoms with Gasteiger partial charge in [-0.15, -0.1) is 5.10 Å². The van der Waals surface area contributed by atoms with Crippen LogP contribution in [-0.2, 0) is 12.1 Å². The third-order valence-electron chi connectivity index (χ3n) is 5.25. The Kier molecular flexibility index (Phi) is 5.49. The minimum atomic E-state index is -1.28. The summed E-state index contributed by atoms with van der Waals surface area (Å²) in [7, 11) is 0. The Morgan fingerprint density at radius 1 is 1.15 bits per heavy atom. The summed E-state index contributed by atoms with van der Waals surface area (Å²) in [5, 5.41) is 40.5. The minimum absolute atomic E-state index is 0.0640. The average molecular weight is 442 g/mol. The van der Waals surface area contributed by atoms with Gasteiger partial charge in [0, 0.05) is 17.7 Å². The number of nitrogens with two attached hydrogens (primary N) is 1. The second-order valence-electron chi connectivity index (χ2n) is 8.14. The van der Waals surface area contributed by atoms with Crippen LogP contribution in [0.25, 0.3) is 22.6 Å². The van der Waals surface area contributed by atoms with Crippen molar-refractivity contribution in [1.82, 2.24) is 25.0 Å². The molecule has 166 valence electrons. The fourth-order valence-electron chi connectivity index (χ4n) is 3.54. The van der Waals surface area contributed by atoms with Crippen molar-refractivity contribution in [3.8, 4) is 28.7 Å². The lowest BCUT2D eigenvalue weighted by Crippen LogP contribution is -2.43. The smallest absolute Gasteiger partial charge is 0.224 e. The lowest BCUT2D eigenvalue weighted by molar-refractivity contribution is -0.630. The Balaban J connectivity index is 1.68. The van der Waals surface area contributed by atoms with E-state index in [-0.39, 0.29) is 18.2 Å². The van der Waals surface area contributed by atoms with E-state index in [0.717, 1.165) is 11.1 Å². The molecular formula is C23H22N8O2. The zero-order valence-corrected chi connectivity index (χ0v) is 18.4. The van der Waals surface area contributed by atoms with Crippen LogP contribution in [0, 0.1) is 23.5 Å². The minimum Gasteiger partial charge on any atom is -0.618 e. The number of aliphatic hydroxyl groups is 1. The van der Waals surface area contributed by atoms with E-state index < -0.39 is 5.60 Å². The highest BCUT2D eigenvalue weighted by molar-refractivity contribution is 5.71. The van der Waals surface area contributed by atoms with Crippen LogP contribution in [0.5, 0.6) is 0 Å². The van der Waals surface area contributed by atoms with Crippen molar-refractivity contribution in [1.29, 1.82) is 5.26 Å². The molecule has 4 rings (SSSR count). The molecule has 0 fully saturated rings. The molecule has 3 aromatic heterocycles. The Morgan fingerprint density at radius 3 is 2.61 bits per heavy atom. The number of hydrogen-bond acceptors (Lipinski definition) is 8. The SMILES string of the molecule is Cc1c(C#N)cccc1-c1cc(-c2cn(Cc3cccc(C(C)(C)O)[n+]3[O-])nn2)nc(N)n1. The largest absolute Gasteiger partial charge is 0.618 e. The summed E-state index contributed by atoms with van der Waals surface area (Å²) >= 11 is 0. The van der Waals surface area contributed by atoms with Gasteiger partial charge in [0.2, 0.25) is 17.3 Å². The number of hydrogen-bond donors (Lipinski definition) is 2. The van der Waals surface area contributed by atoms with Crippen molar-refractivity contribution < 1.29 is 9.84 Å². The average Bonchev–Trinajstić information content (AvgIpc) is 3.23. The second kappa shape index (κ2) is 8.29. The van der Waals surface area contributed by atoms with Gasteiger partial charge in [-0.3, -0.25) is 0 Å². The first-order valence-electron chi connectivity index (χ1n) is 10.2. The van der Waals surface area contributed by atoms with E-state index in [4.69, 9.17) is 5.73 Å². The van der Waals surface area contributed by atoms with Crippen LogP contribution in [-0.4, -0.2) is 30.1 Å². The summed E-state index contributed by atoms with van der Waals surface area (Å²) < 4.78 is 2.21. The first-order chi connectivity index (χ1) is 15.7. The van der Waals surface area contributed by atoms with E-state index in [1.165, 1.54) is 4.68 Å². The van der Waals surface area contributed by atoms with E-state index >= 15 is 0 Å². The Labute approximate surface area is 190 Å². The molecule has 1 aromatic carbocycles. The Hall–Kier alpha value is -4.36. The molecule has 0 atom stereocenters. The highest BCUT2D eigenvalue weighted by Crippen LogP contribution is 2.27. The lowest BCUT2D eigenvalue weighted by Gasteiger charge is -2.18. The number of nitrogens with zero attached hydrogens (tertiary/aromatic N) is 7. The predicted molar refractivity (Wildman–Crippen MR) is 120 cm³/mol. The van der Waals surface area contributed by atoms with Crippen molar-refractivity contribution in [2.24, 2.45) is 0 Å². The number of nitrogen functional groups attached to an aromatic ring is 1. The summed E-state index contributed by atoms with van der Waals surface area (Å²) in [5.74, 6) is 0.0640. The molecule has 0 aliphatic heterocycles. The number of anilines is 1. The van der Waals surface area contributed by atoms with Crippen LogP contribution in [0.1, 0.15) is 36.4 Å². The molecule has 3 heterocycles. The molecule has 0 aliphatic rings. The van der Waals surface area contributed by atoms with Gasteiger partial charge in [0.1, 0.15) is 17.8 Å². The summed E-state index contributed by atoms with van der Waals surface area (Å²) in [4.78, 5) is 8.59. The van der Waals surface area contributed by atoms with Gasteiger partial charge in [-0.05, 0) is 44.5 Å². The van der Waals surface area contributed by atoms with Crippen LogP contribution >= 0.6 is 0 Å². The molecule has 33 heavy (non-hydrogen) atoms. The standard InChI is InChI=1S/C23H22N8O2/c1-14-15(11-24)6-4-8-17(14)18-10-19(27-22(25)26-18)20-13-30(29-28-20)12-16-7-5-9-21(31(16)33)23(2,3)32/h4-10,13,32H,12H2,1-3H3,(H2,25,26,27). The van der Waals surface area contributed by atoms with Crippen LogP contribution < -0.4 is 10.5 Å². The molecule has 0 bridgehead atoms. The van der Waals surface area contributed by atoms with E-state index in [2.05, 4.69) is 26.3 Å². The number of rotatable bonds is 5. The highest BCUT2D eigenvalue weighted by Gasteiger charge is 2.27. The van der Waals surface area contributed by atoms with Gasteiger partial charge >= 0.3 is 0 Å². The quantitative estimate of drug-likeness (QED) is 0.352. The zero-order valence-electron chi connectivity index (χ0n) is 18.4. The van der Waals surface area contributed by atoms with Gasteiger partial charge in [-0.2, -0.15) is 9.99 Å². The van der Waals surface area contributed by atoms with Crippen LogP contribution in [0.4, 0.5) is 5.95 Å². The van der Waals surface area contributed by atoms with Crippen LogP contribution in [0.15, 0.2) is 48.7 Å². The molecule has 0 unspecified atom stereocenters. The number of benzene rings is 1. The summed E-state index contributed by atoms with van der Waals surface area (Å²) in [5.41, 5.74) is 8.91. The predicted octanol–water partition coefficient (Wildman–Crippen LogP) is 2.07. The summed E-state index contributed by atoms with van der Waals surface area (Å²) in [6.07, 6.45) is 1.65. The molecule has 0 spiro atoms. The molecule has 10 heteroatoms. The lowest BCUT2D eigenvalue weighted by atomic mass is 10.00. The molecule has 0 aliphatic carbocycles. The first-order valence-corrected chi connectivity index (χ1v) is 10.2. The molecule has 4 aromatic rings. The van der Waals surface area contributed by atoms with Gasteiger partial charge in [0.15, 0.2) is 0 Å². The van der Waals surface area contributed by atoms with Crippen molar-refractivity contribution in [3.05, 3.63) is 76.4 Å². The zero-order chi connectivity index (χ0) is 23.8. The molecule has 0 amide bonds. The van der Waals surface area contributed by atoms with Crippen molar-refractivity contribution in [2.45, 2.75) is 32.9 Å². The highest BCUT2D eigenvalue weighted by atomic mass is 16.5. The molecule has 3 N–H and O–H groups in total. The molecule has 10 nitrogen and oxygen atoms in total. The summed E-state index contributed by atoms with van der Waals surface area (Å²) in [6.45, 7) is 5.11. The molecule has 0 radical (unpaired) electrons. The maximum absolute atomic E-state index is 12.7. The van der Waals surface area contributed by atoms with E-state index in [0.29, 0.717) is 33.1 Å². The Morgan fingerprint density at radius 2 is 1.88 bits per heavy atom. The fraction of sp³-hybridized carbons (Fsp3) is 0.217. The van der Waals surface area contributed by atoms with Gasteiger partial charge in [-0.25, -0.2) is 14.6 Å². The number of aromatic nitrogens is 6. The third kappa shape index (κ3) is 4.35. The van der Waals surface area contributed by atoms with Crippen molar-refractivity contribution in [3.63, 3.8) is 0 Å². The fourth-order valence-corrected chi connectivity index (χ4v) is 3.54. The van der Waals surface area contributed by atoms with Crippen molar-refractivity contribution >= 4 is 5.95 Å². The Bertz CT molecular complexity index is 1380. The first kappa shape index (κ1) is 21.9. The van der Waals surface area contributed by atoms with Crippen LogP contribution in [0.2, 0.25) is 0 Å². The van der Waals surface area contributed by atoms with Gasteiger partial charge in [-0.1, -0.05) is 17.3 Å². The van der Waals surface area contributed by atoms with Gasteiger partial charge < -0.3 is 16.0 Å². The molecular weight excluding hydrogens is 420 g/mol. The normalized spacial score (nSPS) is 11.4.